The molecule has 1 fully saturated rings. The Morgan fingerprint density at radius 3 is 2.55 bits per heavy atom. The van der Waals surface area contributed by atoms with Crippen molar-refractivity contribution < 1.29 is 24.3 Å². The minimum atomic E-state index is -1.23. The van der Waals surface area contributed by atoms with E-state index in [1.807, 2.05) is 0 Å². The van der Waals surface area contributed by atoms with Gasteiger partial charge in [0.1, 0.15) is 18.1 Å². The van der Waals surface area contributed by atoms with Gasteiger partial charge >= 0.3 is 5.97 Å². The number of carbonyl (C=O) groups is 4. The molecular formula is C23H40N10O5. The van der Waals surface area contributed by atoms with E-state index in [0.29, 0.717) is 50.9 Å². The molecule has 1 aliphatic rings. The molecule has 0 radical (unpaired) electrons. The maximum Gasteiger partial charge on any atom is 0.326 e. The molecule has 0 saturated carbocycles. The zero-order chi connectivity index (χ0) is 28.1. The van der Waals surface area contributed by atoms with Crippen LogP contribution < -0.4 is 33.6 Å². The number of carboxylic acids is 1. The molecule has 15 heteroatoms. The zero-order valence-electron chi connectivity index (χ0n) is 21.5. The standard InChI is InChI=1S/C23H40N10O5/c24-8-2-1-5-15(25)21(36)33-10-4-7-18(33)20(35)32-17(11-14-12-28-13-30-14)19(34)31-16(22(37)38)6-3-9-29-23(26)27/h12-13,15-18H,1-11,24-25H2,(H,28,30)(H,31,34)(H,32,35)(H,37,38)(H4,26,27,29). The first-order chi connectivity index (χ1) is 18.1. The van der Waals surface area contributed by atoms with Crippen LogP contribution in [0, 0.1) is 0 Å². The minimum Gasteiger partial charge on any atom is -0.480 e. The first-order valence-electron chi connectivity index (χ1n) is 12.8. The Kier molecular flexibility index (Phi) is 12.5. The number of guanidine groups is 1. The summed E-state index contributed by atoms with van der Waals surface area (Å²) in [6.07, 6.45) is 6.33. The lowest BCUT2D eigenvalue weighted by Gasteiger charge is -2.28. The number of aliphatic imine (C=N–C) groups is 1. The first kappa shape index (κ1) is 30.5. The van der Waals surface area contributed by atoms with Gasteiger partial charge in [-0.1, -0.05) is 6.42 Å². The van der Waals surface area contributed by atoms with E-state index >= 15 is 0 Å². The molecule has 1 aliphatic heterocycles. The summed E-state index contributed by atoms with van der Waals surface area (Å²) in [7, 11) is 0. The van der Waals surface area contributed by atoms with E-state index in [-0.39, 0.29) is 31.3 Å². The molecule has 0 aromatic carbocycles. The second kappa shape index (κ2) is 15.5. The van der Waals surface area contributed by atoms with Crippen LogP contribution in [0.3, 0.4) is 0 Å². The molecule has 0 bridgehead atoms. The average molecular weight is 537 g/mol. The number of imidazole rings is 1. The van der Waals surface area contributed by atoms with Crippen molar-refractivity contribution in [1.29, 1.82) is 0 Å². The number of nitrogens with two attached hydrogens (primary N) is 4. The number of aliphatic carboxylic acids is 1. The molecule has 4 unspecified atom stereocenters. The number of unbranched alkanes of at least 4 members (excludes halogenated alkanes) is 1. The van der Waals surface area contributed by atoms with E-state index in [9.17, 15) is 24.3 Å². The van der Waals surface area contributed by atoms with Crippen LogP contribution in [0.5, 0.6) is 0 Å². The third-order valence-electron chi connectivity index (χ3n) is 6.30. The number of hydrogen-bond donors (Lipinski definition) is 8. The summed E-state index contributed by atoms with van der Waals surface area (Å²) in [6.45, 7) is 1.10. The number of hydrogen-bond acceptors (Lipinski definition) is 8. The Balaban J connectivity index is 2.09. The van der Waals surface area contributed by atoms with Gasteiger partial charge in [0.2, 0.25) is 17.7 Å². The van der Waals surface area contributed by atoms with Crippen molar-refractivity contribution in [2.75, 3.05) is 19.6 Å². The molecule has 15 nitrogen and oxygen atoms in total. The molecule has 3 amide bonds. The van der Waals surface area contributed by atoms with Gasteiger partial charge in [0.15, 0.2) is 5.96 Å². The summed E-state index contributed by atoms with van der Waals surface area (Å²) in [5.41, 5.74) is 22.7. The molecule has 212 valence electrons. The summed E-state index contributed by atoms with van der Waals surface area (Å²) < 4.78 is 0. The summed E-state index contributed by atoms with van der Waals surface area (Å²) >= 11 is 0. The van der Waals surface area contributed by atoms with Gasteiger partial charge in [0.25, 0.3) is 0 Å². The predicted octanol–water partition coefficient (Wildman–Crippen LogP) is -2.49. The van der Waals surface area contributed by atoms with Gasteiger partial charge in [-0.15, -0.1) is 0 Å². The summed E-state index contributed by atoms with van der Waals surface area (Å²) in [5.74, 6) is -2.85. The highest BCUT2D eigenvalue weighted by molar-refractivity contribution is 5.94. The number of amides is 3. The maximum absolute atomic E-state index is 13.3. The lowest BCUT2D eigenvalue weighted by atomic mass is 10.1. The van der Waals surface area contributed by atoms with E-state index in [1.54, 1.807) is 0 Å². The third kappa shape index (κ3) is 9.63. The topological polar surface area (TPSA) is 261 Å². The van der Waals surface area contributed by atoms with Crippen LogP contribution in [0.2, 0.25) is 0 Å². The number of likely N-dealkylation sites (tertiary alicyclic amines) is 1. The first-order valence-corrected chi connectivity index (χ1v) is 12.8. The predicted molar refractivity (Wildman–Crippen MR) is 139 cm³/mol. The lowest BCUT2D eigenvalue weighted by molar-refractivity contribution is -0.143. The molecule has 0 spiro atoms. The fraction of sp³-hybridized carbons (Fsp3) is 0.652. The summed E-state index contributed by atoms with van der Waals surface area (Å²) in [6, 6.07) is -3.85. The van der Waals surface area contributed by atoms with Gasteiger partial charge in [-0.05, 0) is 45.1 Å². The van der Waals surface area contributed by atoms with E-state index in [0.717, 1.165) is 6.42 Å². The Morgan fingerprint density at radius 2 is 1.92 bits per heavy atom. The number of aromatic nitrogens is 2. The second-order valence-electron chi connectivity index (χ2n) is 9.27. The van der Waals surface area contributed by atoms with Gasteiger partial charge in [-0.3, -0.25) is 19.4 Å². The Labute approximate surface area is 221 Å². The number of nitrogens with one attached hydrogen (secondary N) is 3. The lowest BCUT2D eigenvalue weighted by Crippen LogP contribution is -2.57. The molecule has 2 heterocycles. The highest BCUT2D eigenvalue weighted by atomic mass is 16.4. The molecule has 1 aromatic heterocycles. The molecule has 1 saturated heterocycles. The largest absolute Gasteiger partial charge is 0.480 e. The number of H-pyrrole nitrogens is 1. The minimum absolute atomic E-state index is 0.0389. The monoisotopic (exact) mass is 536 g/mol. The SMILES string of the molecule is NCCCCC(N)C(=O)N1CCCC1C(=O)NC(Cc1cnc[nH]1)C(=O)NC(CCCN=C(N)N)C(=O)O. The fourth-order valence-electron chi connectivity index (χ4n) is 4.27. The second-order valence-corrected chi connectivity index (χ2v) is 9.27. The van der Waals surface area contributed by atoms with Crippen LogP contribution in [0.4, 0.5) is 0 Å². The van der Waals surface area contributed by atoms with Gasteiger partial charge in [-0.25, -0.2) is 9.78 Å². The molecule has 1 aromatic rings. The quantitative estimate of drug-likeness (QED) is 0.0625. The number of nitrogens with zero attached hydrogens (tertiary/aromatic N) is 3. The van der Waals surface area contributed by atoms with Crippen LogP contribution in [0.25, 0.3) is 0 Å². The molecular weight excluding hydrogens is 496 g/mol. The van der Waals surface area contributed by atoms with E-state index in [1.165, 1.54) is 17.4 Å². The van der Waals surface area contributed by atoms with Gasteiger partial charge in [0, 0.05) is 31.4 Å². The average Bonchev–Trinajstić information content (AvgIpc) is 3.57. The number of aromatic amines is 1. The van der Waals surface area contributed by atoms with Crippen molar-refractivity contribution in [2.45, 2.75) is 75.5 Å². The van der Waals surface area contributed by atoms with Gasteiger partial charge < -0.3 is 48.6 Å². The third-order valence-corrected chi connectivity index (χ3v) is 6.30. The maximum atomic E-state index is 13.3. The molecule has 4 atom stereocenters. The van der Waals surface area contributed by atoms with Crippen LogP contribution in [-0.2, 0) is 25.6 Å². The van der Waals surface area contributed by atoms with Crippen molar-refractivity contribution in [3.8, 4) is 0 Å². The molecule has 0 aliphatic carbocycles. The van der Waals surface area contributed by atoms with Crippen LogP contribution >= 0.6 is 0 Å². The van der Waals surface area contributed by atoms with Crippen molar-refractivity contribution >= 4 is 29.7 Å². The normalized spacial score (nSPS) is 17.3. The van der Waals surface area contributed by atoms with Crippen LogP contribution in [-0.4, -0.2) is 93.4 Å². The van der Waals surface area contributed by atoms with Crippen molar-refractivity contribution in [1.82, 2.24) is 25.5 Å². The highest BCUT2D eigenvalue weighted by Crippen LogP contribution is 2.20. The van der Waals surface area contributed by atoms with Crippen LogP contribution in [0.15, 0.2) is 17.5 Å². The number of rotatable bonds is 16. The Hall–Kier alpha value is -3.72. The summed E-state index contributed by atoms with van der Waals surface area (Å²) in [4.78, 5) is 63.1. The highest BCUT2D eigenvalue weighted by Gasteiger charge is 2.38. The molecule has 2 rings (SSSR count). The number of carboxylic acid groups (broad SMARTS) is 1. The van der Waals surface area contributed by atoms with Crippen LogP contribution in [0.1, 0.15) is 50.6 Å². The van der Waals surface area contributed by atoms with Gasteiger partial charge in [-0.2, -0.15) is 0 Å². The smallest absolute Gasteiger partial charge is 0.326 e. The molecule has 12 N–H and O–H groups in total. The molecule has 38 heavy (non-hydrogen) atoms. The Bertz CT molecular complexity index is 950. The van der Waals surface area contributed by atoms with Crippen molar-refractivity contribution in [3.63, 3.8) is 0 Å². The fourth-order valence-corrected chi connectivity index (χ4v) is 4.27. The van der Waals surface area contributed by atoms with Gasteiger partial charge in [0.05, 0.1) is 12.4 Å². The zero-order valence-corrected chi connectivity index (χ0v) is 21.5. The van der Waals surface area contributed by atoms with Crippen molar-refractivity contribution in [3.05, 3.63) is 18.2 Å². The summed E-state index contributed by atoms with van der Waals surface area (Å²) in [5, 5.41) is 14.8. The van der Waals surface area contributed by atoms with E-state index in [2.05, 4.69) is 25.6 Å². The Morgan fingerprint density at radius 1 is 1.16 bits per heavy atom. The van der Waals surface area contributed by atoms with E-state index in [4.69, 9.17) is 22.9 Å². The van der Waals surface area contributed by atoms with E-state index < -0.39 is 42.0 Å². The number of carbonyl (C=O) groups excluding carboxylic acids is 3. The van der Waals surface area contributed by atoms with Crippen molar-refractivity contribution in [2.24, 2.45) is 27.9 Å².